The average molecular weight is 361 g/mol. The fourth-order valence-corrected chi connectivity index (χ4v) is 6.61. The molecule has 6 nitrogen and oxygen atoms in total. The molecule has 0 saturated carbocycles. The molecule has 1 aromatic heterocycles. The Hall–Kier alpha value is -1.70. The van der Waals surface area contributed by atoms with Gasteiger partial charge < -0.3 is 5.11 Å². The molecule has 1 aromatic carbocycles. The Morgan fingerprint density at radius 3 is 2.68 bits per heavy atom. The standard InChI is InChI=1S/C18H23N3O3S/c1-20-12-16(11-19-20)25(23,24)21-15-7-8-17(21)18(10-15,13-22)9-14-5-3-2-4-6-14/h2-6,11-12,15,17,22H,7-10,13H2,1H3/t15-,17+,18-/m0/s1. The molecule has 3 atom stereocenters. The van der Waals surface area contributed by atoms with Crippen molar-refractivity contribution >= 4 is 10.0 Å². The second kappa shape index (κ2) is 5.93. The fourth-order valence-electron chi connectivity index (χ4n) is 4.67. The van der Waals surface area contributed by atoms with Gasteiger partial charge >= 0.3 is 0 Å². The number of fused-ring (bicyclic) bond motifs is 2. The van der Waals surface area contributed by atoms with Crippen LogP contribution in [0.4, 0.5) is 0 Å². The Labute approximate surface area is 148 Å². The Bertz CT molecular complexity index is 865. The number of hydrogen-bond acceptors (Lipinski definition) is 4. The average Bonchev–Trinajstić information content (AvgIpc) is 3.29. The predicted molar refractivity (Wildman–Crippen MR) is 93.3 cm³/mol. The molecule has 134 valence electrons. The smallest absolute Gasteiger partial charge is 0.246 e. The van der Waals surface area contributed by atoms with E-state index in [9.17, 15) is 13.5 Å². The second-order valence-corrected chi connectivity index (χ2v) is 9.16. The molecule has 0 amide bonds. The van der Waals surface area contributed by atoms with Crippen LogP contribution in [0, 0.1) is 5.41 Å². The minimum Gasteiger partial charge on any atom is -0.396 e. The van der Waals surface area contributed by atoms with Crippen molar-refractivity contribution in [2.24, 2.45) is 12.5 Å². The SMILES string of the molecule is Cn1cc(S(=O)(=O)N2[C@H]3CC[C@@H]2[C@@](CO)(Cc2ccccc2)C3)cn1. The normalized spacial score (nSPS) is 29.4. The lowest BCUT2D eigenvalue weighted by Gasteiger charge is -2.36. The van der Waals surface area contributed by atoms with Gasteiger partial charge in [0.1, 0.15) is 4.90 Å². The first-order valence-electron chi connectivity index (χ1n) is 8.63. The summed E-state index contributed by atoms with van der Waals surface area (Å²) in [6, 6.07) is 9.83. The number of aliphatic hydroxyl groups is 1. The number of aryl methyl sites for hydroxylation is 1. The first-order valence-corrected chi connectivity index (χ1v) is 10.1. The lowest BCUT2D eigenvalue weighted by molar-refractivity contribution is 0.0889. The largest absolute Gasteiger partial charge is 0.396 e. The molecule has 0 aliphatic carbocycles. The molecule has 0 spiro atoms. The molecular weight excluding hydrogens is 338 g/mol. The molecule has 2 aliphatic rings. The van der Waals surface area contributed by atoms with E-state index in [2.05, 4.69) is 5.10 Å². The molecule has 0 unspecified atom stereocenters. The molecule has 2 aliphatic heterocycles. The van der Waals surface area contributed by atoms with E-state index in [4.69, 9.17) is 0 Å². The van der Waals surface area contributed by atoms with E-state index >= 15 is 0 Å². The summed E-state index contributed by atoms with van der Waals surface area (Å²) in [6.07, 6.45) is 6.03. The van der Waals surface area contributed by atoms with Crippen molar-refractivity contribution in [3.8, 4) is 0 Å². The maximum Gasteiger partial charge on any atom is 0.246 e. The topological polar surface area (TPSA) is 75.4 Å². The monoisotopic (exact) mass is 361 g/mol. The van der Waals surface area contributed by atoms with Crippen molar-refractivity contribution in [1.29, 1.82) is 0 Å². The highest BCUT2D eigenvalue weighted by Gasteiger charge is 2.59. The quantitative estimate of drug-likeness (QED) is 0.877. The van der Waals surface area contributed by atoms with Crippen LogP contribution in [0.3, 0.4) is 0 Å². The zero-order valence-electron chi connectivity index (χ0n) is 14.2. The van der Waals surface area contributed by atoms with Crippen LogP contribution in [0.2, 0.25) is 0 Å². The third-order valence-corrected chi connectivity index (χ3v) is 7.67. The summed E-state index contributed by atoms with van der Waals surface area (Å²) in [7, 11) is -1.87. The molecule has 2 fully saturated rings. The summed E-state index contributed by atoms with van der Waals surface area (Å²) < 4.78 is 29.5. The van der Waals surface area contributed by atoms with E-state index < -0.39 is 15.4 Å². The fraction of sp³-hybridized carbons (Fsp3) is 0.500. The van der Waals surface area contributed by atoms with Crippen LogP contribution < -0.4 is 0 Å². The highest BCUT2D eigenvalue weighted by atomic mass is 32.2. The summed E-state index contributed by atoms with van der Waals surface area (Å²) in [5.41, 5.74) is 0.738. The van der Waals surface area contributed by atoms with Gasteiger partial charge in [0, 0.05) is 30.7 Å². The van der Waals surface area contributed by atoms with Crippen molar-refractivity contribution in [3.63, 3.8) is 0 Å². The van der Waals surface area contributed by atoms with Crippen molar-refractivity contribution in [1.82, 2.24) is 14.1 Å². The zero-order valence-corrected chi connectivity index (χ0v) is 15.1. The van der Waals surface area contributed by atoms with E-state index in [-0.39, 0.29) is 23.6 Å². The highest BCUT2D eigenvalue weighted by molar-refractivity contribution is 7.89. The van der Waals surface area contributed by atoms with Gasteiger partial charge in [-0.05, 0) is 31.2 Å². The van der Waals surface area contributed by atoms with Crippen LogP contribution in [0.5, 0.6) is 0 Å². The number of benzene rings is 1. The first-order chi connectivity index (χ1) is 12.0. The zero-order chi connectivity index (χ0) is 17.7. The van der Waals surface area contributed by atoms with E-state index in [0.717, 1.165) is 18.4 Å². The molecule has 1 N–H and O–H groups in total. The molecule has 2 bridgehead atoms. The van der Waals surface area contributed by atoms with Gasteiger partial charge in [-0.2, -0.15) is 9.40 Å². The summed E-state index contributed by atoms with van der Waals surface area (Å²) in [5.74, 6) is 0. The maximum atomic E-state index is 13.2. The number of rotatable bonds is 5. The van der Waals surface area contributed by atoms with Gasteiger partial charge in [-0.3, -0.25) is 4.68 Å². The minimum atomic E-state index is -3.59. The van der Waals surface area contributed by atoms with Gasteiger partial charge in [0.25, 0.3) is 0 Å². The van der Waals surface area contributed by atoms with Crippen molar-refractivity contribution in [3.05, 3.63) is 48.3 Å². The Morgan fingerprint density at radius 2 is 2.04 bits per heavy atom. The van der Waals surface area contributed by atoms with Crippen LogP contribution in [0.1, 0.15) is 24.8 Å². The van der Waals surface area contributed by atoms with Crippen LogP contribution in [-0.2, 0) is 23.5 Å². The first kappa shape index (κ1) is 16.8. The molecule has 4 rings (SSSR count). The number of hydrogen-bond donors (Lipinski definition) is 1. The van der Waals surface area contributed by atoms with E-state index in [1.54, 1.807) is 17.5 Å². The van der Waals surface area contributed by atoms with Crippen molar-refractivity contribution < 1.29 is 13.5 Å². The lowest BCUT2D eigenvalue weighted by atomic mass is 9.70. The molecule has 2 aromatic rings. The van der Waals surface area contributed by atoms with E-state index in [1.165, 1.54) is 10.9 Å². The summed E-state index contributed by atoms with van der Waals surface area (Å²) >= 11 is 0. The summed E-state index contributed by atoms with van der Waals surface area (Å²) in [4.78, 5) is 0.236. The molecule has 25 heavy (non-hydrogen) atoms. The van der Waals surface area contributed by atoms with Crippen LogP contribution in [-0.4, -0.2) is 46.3 Å². The van der Waals surface area contributed by atoms with Crippen LogP contribution in [0.15, 0.2) is 47.6 Å². The Kier molecular flexibility index (Phi) is 3.97. The van der Waals surface area contributed by atoms with Crippen LogP contribution in [0.25, 0.3) is 0 Å². The van der Waals surface area contributed by atoms with Crippen molar-refractivity contribution in [2.75, 3.05) is 6.61 Å². The molecule has 2 saturated heterocycles. The third-order valence-electron chi connectivity index (χ3n) is 5.76. The number of aliphatic hydroxyl groups excluding tert-OH is 1. The number of nitrogens with zero attached hydrogens (tertiary/aromatic N) is 3. The molecular formula is C18H23N3O3S. The second-order valence-electron chi connectivity index (χ2n) is 7.32. The highest BCUT2D eigenvalue weighted by Crippen LogP contribution is 2.53. The van der Waals surface area contributed by atoms with E-state index in [0.29, 0.717) is 12.8 Å². The minimum absolute atomic E-state index is 0.00210. The van der Waals surface area contributed by atoms with Gasteiger partial charge in [-0.1, -0.05) is 30.3 Å². The van der Waals surface area contributed by atoms with Gasteiger partial charge in [0.2, 0.25) is 10.0 Å². The predicted octanol–water partition coefficient (Wildman–Crippen LogP) is 1.57. The van der Waals surface area contributed by atoms with Gasteiger partial charge in [-0.15, -0.1) is 0 Å². The summed E-state index contributed by atoms with van der Waals surface area (Å²) in [5, 5.41) is 14.2. The van der Waals surface area contributed by atoms with Gasteiger partial charge in [0.15, 0.2) is 0 Å². The Morgan fingerprint density at radius 1 is 1.28 bits per heavy atom. The van der Waals surface area contributed by atoms with Gasteiger partial charge in [0.05, 0.1) is 12.8 Å². The number of sulfonamides is 1. The summed E-state index contributed by atoms with van der Waals surface area (Å²) in [6.45, 7) is 0.00210. The maximum absolute atomic E-state index is 13.2. The molecule has 0 radical (unpaired) electrons. The third kappa shape index (κ3) is 2.61. The number of aromatic nitrogens is 2. The lowest BCUT2D eigenvalue weighted by Crippen LogP contribution is -2.43. The molecule has 7 heteroatoms. The van der Waals surface area contributed by atoms with E-state index in [1.807, 2.05) is 30.3 Å². The Balaban J connectivity index is 1.68. The van der Waals surface area contributed by atoms with Crippen LogP contribution >= 0.6 is 0 Å². The van der Waals surface area contributed by atoms with Crippen molar-refractivity contribution in [2.45, 2.75) is 42.7 Å². The van der Waals surface area contributed by atoms with Gasteiger partial charge in [-0.25, -0.2) is 8.42 Å². The molecule has 3 heterocycles.